The van der Waals surface area contributed by atoms with E-state index in [0.717, 1.165) is 13.1 Å². The van der Waals surface area contributed by atoms with Gasteiger partial charge in [0.15, 0.2) is 0 Å². The van der Waals surface area contributed by atoms with Crippen LogP contribution in [0.1, 0.15) is 10.4 Å². The second kappa shape index (κ2) is 5.01. The molecule has 1 fully saturated rings. The highest BCUT2D eigenvalue weighted by atomic mass is 16.6. The van der Waals surface area contributed by atoms with Gasteiger partial charge < -0.3 is 15.4 Å². The number of carbonyl (C=O) groups excluding carboxylic acids is 1. The van der Waals surface area contributed by atoms with E-state index < -0.39 is 4.92 Å². The van der Waals surface area contributed by atoms with E-state index in [0.29, 0.717) is 5.56 Å². The fraction of sp³-hybridized carbons (Fsp3) is 0.364. The van der Waals surface area contributed by atoms with Crippen molar-refractivity contribution in [3.63, 3.8) is 0 Å². The molecule has 1 aliphatic heterocycles. The van der Waals surface area contributed by atoms with E-state index in [1.807, 2.05) is 0 Å². The number of non-ortho nitro benzene ring substituents is 1. The molecule has 1 heterocycles. The van der Waals surface area contributed by atoms with Crippen LogP contribution >= 0.6 is 0 Å². The van der Waals surface area contributed by atoms with Gasteiger partial charge in [-0.05, 0) is 6.07 Å². The van der Waals surface area contributed by atoms with Crippen molar-refractivity contribution < 1.29 is 14.5 Å². The summed E-state index contributed by atoms with van der Waals surface area (Å²) in [5.41, 5.74) is 0.198. The first-order valence-electron chi connectivity index (χ1n) is 5.46. The molecule has 0 atom stereocenters. The standard InChI is InChI=1S/C11H13N3O4/c1-18-10-4-8(14(16)17)2-3-9(10)11(15)13-7-5-12-6-7/h2-4,7,12H,5-6H2,1H3,(H,13,15). The van der Waals surface area contributed by atoms with E-state index in [1.165, 1.54) is 25.3 Å². The van der Waals surface area contributed by atoms with Gasteiger partial charge >= 0.3 is 0 Å². The summed E-state index contributed by atoms with van der Waals surface area (Å²) in [5.74, 6) is -0.0813. The summed E-state index contributed by atoms with van der Waals surface area (Å²) in [6.45, 7) is 1.47. The Labute approximate surface area is 103 Å². The molecule has 0 bridgehead atoms. The van der Waals surface area contributed by atoms with E-state index in [4.69, 9.17) is 4.74 Å². The molecule has 1 aromatic carbocycles. The largest absolute Gasteiger partial charge is 0.496 e. The summed E-state index contributed by atoms with van der Waals surface area (Å²) >= 11 is 0. The maximum atomic E-state index is 11.9. The maximum Gasteiger partial charge on any atom is 0.273 e. The van der Waals surface area contributed by atoms with Crippen LogP contribution in [0.4, 0.5) is 5.69 Å². The summed E-state index contributed by atoms with van der Waals surface area (Å²) in [4.78, 5) is 22.0. The Morgan fingerprint density at radius 3 is 2.78 bits per heavy atom. The molecular formula is C11H13N3O4. The van der Waals surface area contributed by atoms with E-state index in [9.17, 15) is 14.9 Å². The molecule has 96 valence electrons. The number of benzene rings is 1. The highest BCUT2D eigenvalue weighted by Crippen LogP contribution is 2.24. The van der Waals surface area contributed by atoms with E-state index in [1.54, 1.807) is 0 Å². The van der Waals surface area contributed by atoms with Gasteiger partial charge in [-0.2, -0.15) is 0 Å². The summed E-state index contributed by atoms with van der Waals surface area (Å²) in [6, 6.07) is 4.04. The van der Waals surface area contributed by atoms with E-state index in [2.05, 4.69) is 10.6 Å². The summed E-state index contributed by atoms with van der Waals surface area (Å²) in [7, 11) is 1.38. The molecule has 0 spiro atoms. The molecule has 0 aliphatic carbocycles. The van der Waals surface area contributed by atoms with Gasteiger partial charge in [-0.15, -0.1) is 0 Å². The van der Waals surface area contributed by atoms with Crippen LogP contribution in [0.25, 0.3) is 0 Å². The van der Waals surface area contributed by atoms with Gasteiger partial charge in [0.2, 0.25) is 0 Å². The zero-order valence-electron chi connectivity index (χ0n) is 9.80. The number of nitro benzene ring substituents is 1. The first-order chi connectivity index (χ1) is 8.61. The fourth-order valence-corrected chi connectivity index (χ4v) is 1.63. The monoisotopic (exact) mass is 251 g/mol. The van der Waals surface area contributed by atoms with Crippen molar-refractivity contribution >= 4 is 11.6 Å². The third-order valence-corrected chi connectivity index (χ3v) is 2.76. The summed E-state index contributed by atoms with van der Waals surface area (Å²) < 4.78 is 5.01. The summed E-state index contributed by atoms with van der Waals surface area (Å²) in [5, 5.41) is 16.5. The van der Waals surface area contributed by atoms with Crippen molar-refractivity contribution in [1.29, 1.82) is 0 Å². The Bertz CT molecular complexity index is 485. The van der Waals surface area contributed by atoms with Gasteiger partial charge in [-0.25, -0.2) is 0 Å². The van der Waals surface area contributed by atoms with Crippen molar-refractivity contribution in [1.82, 2.24) is 10.6 Å². The number of nitro groups is 1. The Morgan fingerprint density at radius 2 is 2.28 bits per heavy atom. The Morgan fingerprint density at radius 1 is 1.56 bits per heavy atom. The average Bonchev–Trinajstić information content (AvgIpc) is 2.32. The molecule has 1 amide bonds. The van der Waals surface area contributed by atoms with Crippen LogP contribution in [0.3, 0.4) is 0 Å². The van der Waals surface area contributed by atoms with Gasteiger partial charge in [0, 0.05) is 19.2 Å². The van der Waals surface area contributed by atoms with Crippen LogP contribution in [0.15, 0.2) is 18.2 Å². The number of methoxy groups -OCH3 is 1. The van der Waals surface area contributed by atoms with Crippen molar-refractivity contribution in [2.75, 3.05) is 20.2 Å². The molecule has 2 rings (SSSR count). The maximum absolute atomic E-state index is 11.9. The lowest BCUT2D eigenvalue weighted by Gasteiger charge is -2.28. The third kappa shape index (κ3) is 2.40. The van der Waals surface area contributed by atoms with Crippen LogP contribution in [0.2, 0.25) is 0 Å². The van der Waals surface area contributed by atoms with Crippen LogP contribution < -0.4 is 15.4 Å². The molecule has 1 aliphatic rings. The predicted octanol–water partition coefficient (Wildman–Crippen LogP) is 0.305. The van der Waals surface area contributed by atoms with Crippen LogP contribution in [0.5, 0.6) is 5.75 Å². The van der Waals surface area contributed by atoms with Gasteiger partial charge in [0.05, 0.1) is 29.7 Å². The lowest BCUT2D eigenvalue weighted by atomic mass is 10.1. The highest BCUT2D eigenvalue weighted by molar-refractivity contribution is 5.97. The van der Waals surface area contributed by atoms with E-state index in [-0.39, 0.29) is 23.4 Å². The molecule has 0 saturated carbocycles. The average molecular weight is 251 g/mol. The number of ether oxygens (including phenoxy) is 1. The van der Waals surface area contributed by atoms with Crippen molar-refractivity contribution in [3.05, 3.63) is 33.9 Å². The molecule has 1 aromatic rings. The molecule has 0 aromatic heterocycles. The fourth-order valence-electron chi connectivity index (χ4n) is 1.63. The number of nitrogens with zero attached hydrogens (tertiary/aromatic N) is 1. The number of nitrogens with one attached hydrogen (secondary N) is 2. The lowest BCUT2D eigenvalue weighted by molar-refractivity contribution is -0.384. The van der Waals surface area contributed by atoms with Crippen molar-refractivity contribution in [2.45, 2.75) is 6.04 Å². The van der Waals surface area contributed by atoms with Crippen molar-refractivity contribution in [2.24, 2.45) is 0 Å². The second-order valence-corrected chi connectivity index (χ2v) is 3.97. The van der Waals surface area contributed by atoms with Crippen LogP contribution in [0, 0.1) is 10.1 Å². The molecular weight excluding hydrogens is 238 g/mol. The summed E-state index contributed by atoms with van der Waals surface area (Å²) in [6.07, 6.45) is 0. The Hall–Kier alpha value is -2.15. The number of hydrogen-bond donors (Lipinski definition) is 2. The Kier molecular flexibility index (Phi) is 3.42. The minimum Gasteiger partial charge on any atom is -0.496 e. The number of rotatable bonds is 4. The smallest absolute Gasteiger partial charge is 0.273 e. The molecule has 1 saturated heterocycles. The molecule has 0 radical (unpaired) electrons. The first kappa shape index (κ1) is 12.3. The zero-order chi connectivity index (χ0) is 13.1. The van der Waals surface area contributed by atoms with Gasteiger partial charge in [-0.1, -0.05) is 0 Å². The lowest BCUT2D eigenvalue weighted by Crippen LogP contribution is -2.56. The highest BCUT2D eigenvalue weighted by Gasteiger charge is 2.22. The van der Waals surface area contributed by atoms with E-state index >= 15 is 0 Å². The van der Waals surface area contributed by atoms with Crippen LogP contribution in [-0.2, 0) is 0 Å². The SMILES string of the molecule is COc1cc([N+](=O)[O-])ccc1C(=O)NC1CNC1. The topological polar surface area (TPSA) is 93.5 Å². The first-order valence-corrected chi connectivity index (χ1v) is 5.46. The number of amides is 1. The van der Waals surface area contributed by atoms with Crippen molar-refractivity contribution in [3.8, 4) is 5.75 Å². The Balaban J connectivity index is 2.20. The van der Waals surface area contributed by atoms with Gasteiger partial charge in [-0.3, -0.25) is 14.9 Å². The number of carbonyl (C=O) groups is 1. The van der Waals surface area contributed by atoms with Gasteiger partial charge in [0.1, 0.15) is 5.75 Å². The second-order valence-electron chi connectivity index (χ2n) is 3.97. The minimum absolute atomic E-state index is 0.103. The minimum atomic E-state index is -0.528. The zero-order valence-corrected chi connectivity index (χ0v) is 9.80. The molecule has 18 heavy (non-hydrogen) atoms. The molecule has 0 unspecified atom stereocenters. The normalized spacial score (nSPS) is 14.7. The van der Waals surface area contributed by atoms with Crippen LogP contribution in [-0.4, -0.2) is 37.1 Å². The third-order valence-electron chi connectivity index (χ3n) is 2.76. The number of hydrogen-bond acceptors (Lipinski definition) is 5. The predicted molar refractivity (Wildman–Crippen MR) is 63.8 cm³/mol. The quantitative estimate of drug-likeness (QED) is 0.593. The van der Waals surface area contributed by atoms with Gasteiger partial charge in [0.25, 0.3) is 11.6 Å². The molecule has 2 N–H and O–H groups in total. The molecule has 7 nitrogen and oxygen atoms in total. The molecule has 7 heteroatoms.